The molecule has 5 heteroatoms. The quantitative estimate of drug-likeness (QED) is 0.223. The molecule has 0 aromatic rings. The monoisotopic (exact) mass is 387 g/mol. The zero-order chi connectivity index (χ0) is 20.2. The first kappa shape index (κ1) is 26.4. The molecule has 0 N–H and O–H groups in total. The van der Waals surface area contributed by atoms with Crippen LogP contribution in [0.2, 0.25) is 0 Å². The molecule has 0 aliphatic rings. The molecule has 0 spiro atoms. The Kier molecular flexibility index (Phi) is 18.3. The van der Waals surface area contributed by atoms with Crippen molar-refractivity contribution < 1.29 is 23.9 Å². The summed E-state index contributed by atoms with van der Waals surface area (Å²) in [5.74, 6) is -1.02. The molecule has 0 amide bonds. The Labute approximate surface area is 168 Å². The van der Waals surface area contributed by atoms with Gasteiger partial charge in [-0.15, -0.1) is 0 Å². The standard InChI is InChI=1S/C22H45NO4/c1-4-5-6-7-8-9-10-11-12-13-14-15-17-26-19-20-27-18-16-23(2,3)21-22(24)25/h4-21H2,1-3H3. The van der Waals surface area contributed by atoms with Crippen molar-refractivity contribution in [3.8, 4) is 0 Å². The Morgan fingerprint density at radius 1 is 0.704 bits per heavy atom. The van der Waals surface area contributed by atoms with Crippen molar-refractivity contribution in [3.05, 3.63) is 0 Å². The van der Waals surface area contributed by atoms with Crippen LogP contribution in [0.25, 0.3) is 0 Å². The highest BCUT2D eigenvalue weighted by Gasteiger charge is 2.14. The number of hydrogen-bond donors (Lipinski definition) is 0. The molecule has 0 atom stereocenters. The highest BCUT2D eigenvalue weighted by molar-refractivity contribution is 5.65. The molecule has 0 fully saturated rings. The van der Waals surface area contributed by atoms with Crippen molar-refractivity contribution in [2.75, 3.05) is 53.6 Å². The maximum absolute atomic E-state index is 10.6. The highest BCUT2D eigenvalue weighted by Crippen LogP contribution is 2.11. The van der Waals surface area contributed by atoms with Gasteiger partial charge in [0.1, 0.15) is 13.1 Å². The second kappa shape index (κ2) is 18.7. The first-order valence-electron chi connectivity index (χ1n) is 11.2. The van der Waals surface area contributed by atoms with E-state index in [4.69, 9.17) is 9.47 Å². The van der Waals surface area contributed by atoms with E-state index in [1.54, 1.807) is 0 Å². The lowest BCUT2D eigenvalue weighted by molar-refractivity contribution is -0.885. The van der Waals surface area contributed by atoms with E-state index in [0.717, 1.165) is 13.0 Å². The fraction of sp³-hybridized carbons (Fsp3) is 0.955. The number of carboxylic acids is 1. The zero-order valence-corrected chi connectivity index (χ0v) is 18.3. The number of nitrogens with zero attached hydrogens (tertiary/aromatic N) is 1. The predicted octanol–water partition coefficient (Wildman–Crippen LogP) is 3.55. The maximum Gasteiger partial charge on any atom is 0.119 e. The van der Waals surface area contributed by atoms with E-state index >= 15 is 0 Å². The average molecular weight is 388 g/mol. The smallest absolute Gasteiger partial charge is 0.119 e. The normalized spacial score (nSPS) is 11.8. The maximum atomic E-state index is 10.6. The Morgan fingerprint density at radius 3 is 1.63 bits per heavy atom. The minimum atomic E-state index is -1.02. The van der Waals surface area contributed by atoms with Crippen LogP contribution in [0.4, 0.5) is 0 Å². The van der Waals surface area contributed by atoms with E-state index in [9.17, 15) is 9.90 Å². The van der Waals surface area contributed by atoms with Crippen molar-refractivity contribution in [2.45, 2.75) is 84.0 Å². The first-order valence-corrected chi connectivity index (χ1v) is 11.2. The van der Waals surface area contributed by atoms with E-state index in [1.165, 1.54) is 70.6 Å². The first-order chi connectivity index (χ1) is 13.0. The molecule has 0 unspecified atom stereocenters. The van der Waals surface area contributed by atoms with Gasteiger partial charge in [-0.2, -0.15) is 0 Å². The van der Waals surface area contributed by atoms with Gasteiger partial charge in [0, 0.05) is 6.61 Å². The number of carbonyl (C=O) groups is 1. The number of carbonyl (C=O) groups excluding carboxylic acids is 1. The molecule has 0 rings (SSSR count). The molecular formula is C22H45NO4. The minimum Gasteiger partial charge on any atom is -0.544 e. The van der Waals surface area contributed by atoms with E-state index in [1.807, 2.05) is 14.1 Å². The summed E-state index contributed by atoms with van der Waals surface area (Å²) in [6.45, 7) is 5.49. The summed E-state index contributed by atoms with van der Waals surface area (Å²) in [5.41, 5.74) is 0. The number of hydrogen-bond acceptors (Lipinski definition) is 4. The van der Waals surface area contributed by atoms with Gasteiger partial charge >= 0.3 is 0 Å². The Hall–Kier alpha value is -0.650. The Morgan fingerprint density at radius 2 is 1.15 bits per heavy atom. The van der Waals surface area contributed by atoms with Crippen LogP contribution in [0.3, 0.4) is 0 Å². The van der Waals surface area contributed by atoms with Crippen LogP contribution >= 0.6 is 0 Å². The minimum absolute atomic E-state index is 0.0127. The van der Waals surface area contributed by atoms with E-state index < -0.39 is 5.97 Å². The molecule has 0 aliphatic carbocycles. The lowest BCUT2D eigenvalue weighted by atomic mass is 10.1. The predicted molar refractivity (Wildman–Crippen MR) is 110 cm³/mol. The number of rotatable bonds is 21. The Balaban J connectivity index is 3.16. The second-order valence-corrected chi connectivity index (χ2v) is 8.30. The molecule has 0 aromatic heterocycles. The fourth-order valence-corrected chi connectivity index (χ4v) is 3.11. The third-order valence-electron chi connectivity index (χ3n) is 4.91. The van der Waals surface area contributed by atoms with E-state index in [2.05, 4.69) is 6.92 Å². The van der Waals surface area contributed by atoms with Gasteiger partial charge < -0.3 is 23.9 Å². The molecule has 0 aromatic carbocycles. The summed E-state index contributed by atoms with van der Waals surface area (Å²) < 4.78 is 11.5. The molecule has 0 bridgehead atoms. The van der Waals surface area contributed by atoms with E-state index in [0.29, 0.717) is 30.8 Å². The van der Waals surface area contributed by atoms with Crippen LogP contribution in [-0.2, 0) is 14.3 Å². The molecular weight excluding hydrogens is 342 g/mol. The number of ether oxygens (including phenoxy) is 2. The third kappa shape index (κ3) is 21.5. The third-order valence-corrected chi connectivity index (χ3v) is 4.91. The summed E-state index contributed by atoms with van der Waals surface area (Å²) in [4.78, 5) is 10.6. The van der Waals surface area contributed by atoms with Crippen LogP contribution < -0.4 is 5.11 Å². The van der Waals surface area contributed by atoms with Crippen molar-refractivity contribution in [3.63, 3.8) is 0 Å². The molecule has 0 aliphatic heterocycles. The summed E-state index contributed by atoms with van der Waals surface area (Å²) >= 11 is 0. The van der Waals surface area contributed by atoms with Gasteiger partial charge in [-0.05, 0) is 6.42 Å². The Bertz CT molecular complexity index is 334. The van der Waals surface area contributed by atoms with E-state index in [-0.39, 0.29) is 6.54 Å². The van der Waals surface area contributed by atoms with Crippen LogP contribution in [0, 0.1) is 0 Å². The van der Waals surface area contributed by atoms with Crippen molar-refractivity contribution in [1.82, 2.24) is 0 Å². The van der Waals surface area contributed by atoms with Crippen molar-refractivity contribution in [2.24, 2.45) is 0 Å². The number of unbranched alkanes of at least 4 members (excludes halogenated alkanes) is 11. The largest absolute Gasteiger partial charge is 0.544 e. The number of carboxylic acid groups (broad SMARTS) is 1. The van der Waals surface area contributed by atoms with Crippen LogP contribution in [0.5, 0.6) is 0 Å². The average Bonchev–Trinajstić information content (AvgIpc) is 2.59. The van der Waals surface area contributed by atoms with Gasteiger partial charge in [0.05, 0.1) is 39.9 Å². The van der Waals surface area contributed by atoms with Crippen molar-refractivity contribution in [1.29, 1.82) is 0 Å². The van der Waals surface area contributed by atoms with Crippen molar-refractivity contribution >= 4 is 5.97 Å². The van der Waals surface area contributed by atoms with Gasteiger partial charge in [0.2, 0.25) is 0 Å². The lowest BCUT2D eigenvalue weighted by Crippen LogP contribution is -2.49. The number of likely N-dealkylation sites (N-methyl/N-ethyl adjacent to an activating group) is 1. The molecule has 27 heavy (non-hydrogen) atoms. The molecule has 0 radical (unpaired) electrons. The number of quaternary nitrogens is 1. The summed E-state index contributed by atoms with van der Waals surface area (Å²) in [5, 5.41) is 10.6. The molecule has 0 heterocycles. The fourth-order valence-electron chi connectivity index (χ4n) is 3.11. The topological polar surface area (TPSA) is 58.6 Å². The van der Waals surface area contributed by atoms with Gasteiger partial charge in [0.15, 0.2) is 0 Å². The SMILES string of the molecule is CCCCCCCCCCCCCCOCCOCC[N+](C)(C)CC(=O)[O-]. The van der Waals surface area contributed by atoms with Crippen LogP contribution in [-0.4, -0.2) is 64.1 Å². The van der Waals surface area contributed by atoms with Gasteiger partial charge in [-0.3, -0.25) is 0 Å². The lowest BCUT2D eigenvalue weighted by Gasteiger charge is -2.29. The summed E-state index contributed by atoms with van der Waals surface area (Å²) in [7, 11) is 3.73. The van der Waals surface area contributed by atoms with Gasteiger partial charge in [0.25, 0.3) is 0 Å². The van der Waals surface area contributed by atoms with Gasteiger partial charge in [-0.1, -0.05) is 77.6 Å². The molecule has 5 nitrogen and oxygen atoms in total. The van der Waals surface area contributed by atoms with Crippen LogP contribution in [0.1, 0.15) is 84.0 Å². The molecule has 0 saturated carbocycles. The number of aliphatic carboxylic acids is 1. The second-order valence-electron chi connectivity index (χ2n) is 8.30. The molecule has 0 saturated heterocycles. The zero-order valence-electron chi connectivity index (χ0n) is 18.3. The summed E-state index contributed by atoms with van der Waals surface area (Å²) in [6, 6.07) is 0. The van der Waals surface area contributed by atoms with Crippen LogP contribution in [0.15, 0.2) is 0 Å². The summed E-state index contributed by atoms with van der Waals surface area (Å²) in [6.07, 6.45) is 16.3. The molecule has 162 valence electrons. The highest BCUT2D eigenvalue weighted by atomic mass is 16.5. The van der Waals surface area contributed by atoms with Gasteiger partial charge in [-0.25, -0.2) is 0 Å².